The predicted molar refractivity (Wildman–Crippen MR) is 93.9 cm³/mol. The lowest BCUT2D eigenvalue weighted by Gasteiger charge is -2.38. The van der Waals surface area contributed by atoms with Crippen molar-refractivity contribution in [1.29, 1.82) is 0 Å². The molecular weight excluding hydrogens is 334 g/mol. The maximum atomic E-state index is 12.2. The van der Waals surface area contributed by atoms with Crippen molar-refractivity contribution in [3.63, 3.8) is 0 Å². The van der Waals surface area contributed by atoms with Gasteiger partial charge in [-0.05, 0) is 18.9 Å². The summed E-state index contributed by atoms with van der Waals surface area (Å²) in [6, 6.07) is 6.47. The number of rotatable bonds is 5. The van der Waals surface area contributed by atoms with E-state index in [0.717, 1.165) is 25.9 Å². The van der Waals surface area contributed by atoms with Gasteiger partial charge in [0.15, 0.2) is 0 Å². The van der Waals surface area contributed by atoms with Crippen molar-refractivity contribution in [1.82, 2.24) is 9.80 Å². The van der Waals surface area contributed by atoms with E-state index < -0.39 is 11.0 Å². The highest BCUT2D eigenvalue weighted by Crippen LogP contribution is 2.26. The molecule has 0 unspecified atom stereocenters. The van der Waals surface area contributed by atoms with Crippen LogP contribution in [-0.2, 0) is 0 Å². The molecule has 2 rings (SSSR count). The van der Waals surface area contributed by atoms with Crippen molar-refractivity contribution in [2.75, 3.05) is 26.2 Å². The first-order valence-corrected chi connectivity index (χ1v) is 8.01. The Morgan fingerprint density at radius 2 is 1.79 bits per heavy atom. The number of carbonyl (C=O) groups excluding carboxylic acids is 1. The van der Waals surface area contributed by atoms with E-state index in [1.54, 1.807) is 17.0 Å². The van der Waals surface area contributed by atoms with E-state index in [1.807, 2.05) is 0 Å². The zero-order chi connectivity index (χ0) is 16.8. The molecule has 24 heavy (non-hydrogen) atoms. The van der Waals surface area contributed by atoms with Crippen molar-refractivity contribution in [3.8, 4) is 5.75 Å². The van der Waals surface area contributed by atoms with Crippen LogP contribution in [-0.4, -0.2) is 53.0 Å². The van der Waals surface area contributed by atoms with Gasteiger partial charge in [0, 0.05) is 38.3 Å². The summed E-state index contributed by atoms with van der Waals surface area (Å²) in [6.07, 6.45) is 1.66. The maximum Gasteiger partial charge on any atom is 0.415 e. The summed E-state index contributed by atoms with van der Waals surface area (Å²) in [7, 11) is 0. The molecule has 1 aliphatic rings. The fourth-order valence-electron chi connectivity index (χ4n) is 2.93. The molecule has 0 bridgehead atoms. The van der Waals surface area contributed by atoms with Gasteiger partial charge in [0.2, 0.25) is 5.75 Å². The van der Waals surface area contributed by atoms with Crippen LogP contribution in [0.4, 0.5) is 10.5 Å². The van der Waals surface area contributed by atoms with Crippen LogP contribution in [0.15, 0.2) is 24.3 Å². The lowest BCUT2D eigenvalue weighted by molar-refractivity contribution is -0.385. The van der Waals surface area contributed by atoms with E-state index >= 15 is 0 Å². The zero-order valence-electron chi connectivity index (χ0n) is 14.0. The average molecular weight is 358 g/mol. The second-order valence-electron chi connectivity index (χ2n) is 5.59. The van der Waals surface area contributed by atoms with Gasteiger partial charge in [0.25, 0.3) is 0 Å². The summed E-state index contributed by atoms with van der Waals surface area (Å²) in [6.45, 7) is 7.11. The Kier molecular flexibility index (Phi) is 7.94. The summed E-state index contributed by atoms with van der Waals surface area (Å²) >= 11 is 0. The number of nitrogens with zero attached hydrogens (tertiary/aromatic N) is 3. The van der Waals surface area contributed by atoms with Gasteiger partial charge in [-0.2, -0.15) is 0 Å². The molecule has 1 fully saturated rings. The van der Waals surface area contributed by atoms with Crippen LogP contribution in [0, 0.1) is 10.1 Å². The van der Waals surface area contributed by atoms with Crippen LogP contribution in [0.1, 0.15) is 26.7 Å². The molecule has 1 aromatic carbocycles. The topological polar surface area (TPSA) is 75.9 Å². The largest absolute Gasteiger partial charge is 0.415 e. The van der Waals surface area contributed by atoms with Gasteiger partial charge in [-0.25, -0.2) is 4.79 Å². The summed E-state index contributed by atoms with van der Waals surface area (Å²) < 4.78 is 5.22. The van der Waals surface area contributed by atoms with E-state index in [4.69, 9.17) is 4.74 Å². The number of hydrogen-bond acceptors (Lipinski definition) is 5. The molecule has 0 radical (unpaired) electrons. The lowest BCUT2D eigenvalue weighted by Crippen LogP contribution is -2.52. The molecule has 0 saturated carbocycles. The van der Waals surface area contributed by atoms with Crippen molar-refractivity contribution < 1.29 is 14.5 Å². The third kappa shape index (κ3) is 4.82. The number of para-hydroxylation sites is 2. The van der Waals surface area contributed by atoms with E-state index in [0.29, 0.717) is 19.1 Å². The molecule has 0 aromatic heterocycles. The quantitative estimate of drug-likeness (QED) is 0.596. The normalized spacial score (nSPS) is 15.0. The highest BCUT2D eigenvalue weighted by Gasteiger charge is 2.27. The van der Waals surface area contributed by atoms with Crippen molar-refractivity contribution >= 4 is 24.2 Å². The first-order chi connectivity index (χ1) is 11.1. The van der Waals surface area contributed by atoms with Gasteiger partial charge in [0.1, 0.15) is 0 Å². The van der Waals surface area contributed by atoms with Crippen molar-refractivity contribution in [2.45, 2.75) is 32.7 Å². The Morgan fingerprint density at radius 1 is 1.21 bits per heavy atom. The van der Waals surface area contributed by atoms with E-state index in [2.05, 4.69) is 18.7 Å². The minimum atomic E-state index is -0.548. The first-order valence-electron chi connectivity index (χ1n) is 8.01. The number of hydrogen-bond donors (Lipinski definition) is 0. The molecule has 1 heterocycles. The number of carbonyl (C=O) groups is 1. The maximum absolute atomic E-state index is 12.2. The molecule has 1 saturated heterocycles. The minimum Gasteiger partial charge on any atom is -0.403 e. The second kappa shape index (κ2) is 9.44. The Balaban J connectivity index is 0.00000288. The van der Waals surface area contributed by atoms with Gasteiger partial charge in [-0.3, -0.25) is 15.0 Å². The fraction of sp³-hybridized carbons (Fsp3) is 0.562. The van der Waals surface area contributed by atoms with Crippen molar-refractivity contribution in [3.05, 3.63) is 34.4 Å². The summed E-state index contributed by atoms with van der Waals surface area (Å²) in [4.78, 5) is 26.6. The molecule has 1 aromatic rings. The number of nitro groups is 1. The van der Waals surface area contributed by atoms with Crippen LogP contribution < -0.4 is 4.74 Å². The second-order valence-corrected chi connectivity index (χ2v) is 5.59. The molecular formula is C16H24ClN3O4. The Morgan fingerprint density at radius 3 is 2.33 bits per heavy atom. The molecule has 0 atom stereocenters. The van der Waals surface area contributed by atoms with Crippen LogP contribution >= 0.6 is 12.4 Å². The SMILES string of the molecule is CCC(CC)N1CCN(C(=O)Oc2ccccc2[N+](=O)[O-])CC1.Cl. The molecule has 8 heteroatoms. The Labute approximate surface area is 148 Å². The Hall–Kier alpha value is -1.86. The van der Waals surface area contributed by atoms with Gasteiger partial charge >= 0.3 is 11.8 Å². The van der Waals surface area contributed by atoms with E-state index in [-0.39, 0.29) is 23.8 Å². The van der Waals surface area contributed by atoms with Gasteiger partial charge in [-0.1, -0.05) is 26.0 Å². The van der Waals surface area contributed by atoms with E-state index in [9.17, 15) is 14.9 Å². The Bertz CT molecular complexity index is 558. The smallest absolute Gasteiger partial charge is 0.403 e. The lowest BCUT2D eigenvalue weighted by atomic mass is 10.1. The van der Waals surface area contributed by atoms with Crippen LogP contribution in [0.2, 0.25) is 0 Å². The van der Waals surface area contributed by atoms with E-state index in [1.165, 1.54) is 12.1 Å². The average Bonchev–Trinajstić information content (AvgIpc) is 2.57. The third-order valence-electron chi connectivity index (χ3n) is 4.29. The highest BCUT2D eigenvalue weighted by molar-refractivity contribution is 5.85. The summed E-state index contributed by atoms with van der Waals surface area (Å²) in [5, 5.41) is 11.0. The number of benzene rings is 1. The number of halogens is 1. The van der Waals surface area contributed by atoms with Gasteiger partial charge < -0.3 is 9.64 Å². The monoisotopic (exact) mass is 357 g/mol. The van der Waals surface area contributed by atoms with Gasteiger partial charge in [-0.15, -0.1) is 12.4 Å². The molecule has 1 amide bonds. The number of amides is 1. The molecule has 0 N–H and O–H groups in total. The predicted octanol–water partition coefficient (Wildman–Crippen LogP) is 3.32. The standard InChI is InChI=1S/C16H23N3O4.ClH/c1-3-13(4-2)17-9-11-18(12-10-17)16(20)23-15-8-6-5-7-14(15)19(21)22;/h5-8,13H,3-4,9-12H2,1-2H3;1H. The molecule has 7 nitrogen and oxygen atoms in total. The minimum absolute atomic E-state index is 0. The van der Waals surface area contributed by atoms with Gasteiger partial charge in [0.05, 0.1) is 4.92 Å². The summed E-state index contributed by atoms with van der Waals surface area (Å²) in [5.41, 5.74) is -0.198. The number of ether oxygens (including phenoxy) is 1. The molecule has 0 aliphatic carbocycles. The molecule has 134 valence electrons. The van der Waals surface area contributed by atoms with Crippen molar-refractivity contribution in [2.24, 2.45) is 0 Å². The third-order valence-corrected chi connectivity index (χ3v) is 4.29. The highest BCUT2D eigenvalue weighted by atomic mass is 35.5. The molecule has 0 spiro atoms. The van der Waals surface area contributed by atoms with Crippen LogP contribution in [0.3, 0.4) is 0 Å². The van der Waals surface area contributed by atoms with Crippen LogP contribution in [0.25, 0.3) is 0 Å². The number of nitro benzene ring substituents is 1. The molecule has 1 aliphatic heterocycles. The van der Waals surface area contributed by atoms with Crippen LogP contribution in [0.5, 0.6) is 5.75 Å². The zero-order valence-corrected chi connectivity index (χ0v) is 14.8. The first kappa shape index (κ1) is 20.2. The number of piperazine rings is 1. The summed E-state index contributed by atoms with van der Waals surface area (Å²) in [5.74, 6) is -0.00933. The fourth-order valence-corrected chi connectivity index (χ4v) is 2.93.